The Morgan fingerprint density at radius 1 is 0.975 bits per heavy atom. The van der Waals surface area contributed by atoms with Crippen LogP contribution in [0.2, 0.25) is 36.3 Å². The second kappa shape index (κ2) is 10.5. The van der Waals surface area contributed by atoms with Crippen LogP contribution in [0.4, 0.5) is 0 Å². The van der Waals surface area contributed by atoms with E-state index in [-0.39, 0.29) is 33.1 Å². The fourth-order valence-electron chi connectivity index (χ4n) is 8.05. The van der Waals surface area contributed by atoms with Gasteiger partial charge in [0, 0.05) is 11.8 Å². The molecule has 0 saturated heterocycles. The predicted octanol–water partition coefficient (Wildman–Crippen LogP) is 10.0. The fourth-order valence-corrected chi connectivity index (χ4v) is 10.8. The smallest absolute Gasteiger partial charge is 0.192 e. The molecule has 0 amide bonds. The number of hydrogen-bond acceptors (Lipinski definition) is 3. The molecule has 0 aromatic carbocycles. The zero-order chi connectivity index (χ0) is 30.1. The minimum absolute atomic E-state index is 0.00535. The van der Waals surface area contributed by atoms with E-state index in [0.29, 0.717) is 24.2 Å². The third-order valence-electron chi connectivity index (χ3n) is 12.7. The quantitative estimate of drug-likeness (QED) is 0.170. The van der Waals surface area contributed by atoms with Crippen LogP contribution in [-0.2, 0) is 13.6 Å². The molecule has 5 heteroatoms. The molecule has 3 nitrogen and oxygen atoms in total. The summed E-state index contributed by atoms with van der Waals surface area (Å²) in [6.45, 7) is 31.1. The molecule has 7 atom stereocenters. The monoisotopic (exact) mass is 584 g/mol. The van der Waals surface area contributed by atoms with E-state index in [1.165, 1.54) is 18.4 Å². The van der Waals surface area contributed by atoms with Crippen molar-refractivity contribution in [1.82, 2.24) is 0 Å². The first-order chi connectivity index (χ1) is 18.2. The number of fused-ring (bicyclic) bond motifs is 5. The molecule has 0 aliphatic heterocycles. The Morgan fingerprint density at radius 3 is 2.15 bits per heavy atom. The van der Waals surface area contributed by atoms with Crippen molar-refractivity contribution in [2.75, 3.05) is 0 Å². The number of hydrogen-bond donors (Lipinski definition) is 0. The first kappa shape index (κ1) is 32.2. The molecule has 0 unspecified atom stereocenters. The number of carbonyl (C=O) groups excluding carboxylic acids is 1. The van der Waals surface area contributed by atoms with E-state index < -0.39 is 16.6 Å². The number of allylic oxidation sites excluding steroid dienone is 5. The Kier molecular flexibility index (Phi) is 8.40. The normalized spacial score (nSPS) is 35.6. The van der Waals surface area contributed by atoms with Gasteiger partial charge in [-0.1, -0.05) is 97.3 Å². The van der Waals surface area contributed by atoms with Gasteiger partial charge in [-0.25, -0.2) is 0 Å². The number of aldehydes is 1. The van der Waals surface area contributed by atoms with E-state index in [0.717, 1.165) is 25.5 Å². The summed E-state index contributed by atoms with van der Waals surface area (Å²) in [4.78, 5) is 11.4. The van der Waals surface area contributed by atoms with Crippen LogP contribution in [-0.4, -0.2) is 35.1 Å². The lowest BCUT2D eigenvalue weighted by Crippen LogP contribution is -2.58. The summed E-state index contributed by atoms with van der Waals surface area (Å²) in [5.41, 5.74) is 4.92. The van der Waals surface area contributed by atoms with E-state index in [1.54, 1.807) is 11.1 Å². The summed E-state index contributed by atoms with van der Waals surface area (Å²) >= 11 is 0. The highest BCUT2D eigenvalue weighted by molar-refractivity contribution is 6.74. The molecule has 2 fully saturated rings. The molecule has 40 heavy (non-hydrogen) atoms. The maximum Gasteiger partial charge on any atom is 0.192 e. The number of rotatable bonds is 7. The molecule has 4 aliphatic carbocycles. The minimum atomic E-state index is -2.01. The van der Waals surface area contributed by atoms with Crippen molar-refractivity contribution in [3.05, 3.63) is 34.9 Å². The number of carbonyl (C=O) groups is 1. The van der Waals surface area contributed by atoms with Gasteiger partial charge >= 0.3 is 0 Å². The fraction of sp³-hybridized carbons (Fsp3) is 0.800. The van der Waals surface area contributed by atoms with Gasteiger partial charge in [-0.3, -0.25) is 0 Å². The Morgan fingerprint density at radius 2 is 1.57 bits per heavy atom. The minimum Gasteiger partial charge on any atom is -0.414 e. The zero-order valence-corrected chi connectivity index (χ0v) is 30.2. The molecule has 4 aliphatic rings. The van der Waals surface area contributed by atoms with E-state index in [4.69, 9.17) is 8.85 Å². The lowest BCUT2D eigenvalue weighted by Gasteiger charge is -2.59. The first-order valence-corrected chi connectivity index (χ1v) is 21.9. The van der Waals surface area contributed by atoms with Gasteiger partial charge in [0.25, 0.3) is 0 Å². The van der Waals surface area contributed by atoms with Crippen LogP contribution in [0, 0.1) is 28.6 Å². The molecule has 0 aromatic heterocycles. The van der Waals surface area contributed by atoms with Crippen molar-refractivity contribution >= 4 is 22.9 Å². The Labute approximate surface area is 248 Å². The van der Waals surface area contributed by atoms with Crippen LogP contribution in [0.1, 0.15) is 101 Å². The van der Waals surface area contributed by atoms with E-state index in [9.17, 15) is 4.79 Å². The van der Waals surface area contributed by atoms with Crippen molar-refractivity contribution in [3.8, 4) is 0 Å². The SMILES string of the molecule is C[C@H](CC=O)C1=CC[C@H]2C3=CC=C4C[C@@H](O[Si](C)(C)C(C)(C)C)C[C@H](O[Si](C)(C)C(C)(C)C)[C@]4(C)[C@H]3CC[C@]12C. The molecule has 0 spiro atoms. The van der Waals surface area contributed by atoms with Crippen LogP contribution in [0.25, 0.3) is 0 Å². The summed E-state index contributed by atoms with van der Waals surface area (Å²) in [6, 6.07) is 0. The third-order valence-corrected chi connectivity index (χ3v) is 21.8. The predicted molar refractivity (Wildman–Crippen MR) is 175 cm³/mol. The molecule has 0 aromatic rings. The van der Waals surface area contributed by atoms with E-state index >= 15 is 0 Å². The summed E-state index contributed by atoms with van der Waals surface area (Å²) in [7, 11) is -3.91. The standard InChI is InChI=1S/C35H60O3Si2/c1-24(19-21-36)28-16-17-29-27-15-14-25-22-26(37-39(10,11)32(2,3)4)23-31(38-40(12,13)33(5,6)7)35(25,9)30(27)18-20-34(28,29)8/h14-16,21,24,26,29-31H,17-20,22-23H2,1-13H3/t24-,26-,29+,30+,31+,34-,35+/m1/s1. The van der Waals surface area contributed by atoms with Gasteiger partial charge in [-0.15, -0.1) is 0 Å². The second-order valence-electron chi connectivity index (χ2n) is 17.2. The second-order valence-corrected chi connectivity index (χ2v) is 26.7. The highest BCUT2D eigenvalue weighted by atomic mass is 28.4. The van der Waals surface area contributed by atoms with Crippen LogP contribution in [0.3, 0.4) is 0 Å². The largest absolute Gasteiger partial charge is 0.414 e. The average Bonchev–Trinajstić information content (AvgIpc) is 3.15. The van der Waals surface area contributed by atoms with Crippen molar-refractivity contribution in [2.45, 2.75) is 149 Å². The first-order valence-electron chi connectivity index (χ1n) is 16.1. The lowest BCUT2D eigenvalue weighted by molar-refractivity contribution is -0.108. The highest BCUT2D eigenvalue weighted by Gasteiger charge is 2.59. The molecule has 0 N–H and O–H groups in total. The third kappa shape index (κ3) is 5.28. The van der Waals surface area contributed by atoms with Crippen molar-refractivity contribution in [1.29, 1.82) is 0 Å². The van der Waals surface area contributed by atoms with E-state index in [2.05, 4.69) is 107 Å². The van der Waals surface area contributed by atoms with Crippen LogP contribution < -0.4 is 0 Å². The van der Waals surface area contributed by atoms with Gasteiger partial charge in [0.2, 0.25) is 0 Å². The Hall–Kier alpha value is -0.756. The maximum absolute atomic E-state index is 11.4. The molecule has 226 valence electrons. The molecule has 0 heterocycles. The van der Waals surface area contributed by atoms with Crippen molar-refractivity contribution in [2.24, 2.45) is 28.6 Å². The van der Waals surface area contributed by atoms with Crippen molar-refractivity contribution in [3.63, 3.8) is 0 Å². The molecular weight excluding hydrogens is 525 g/mol. The van der Waals surface area contributed by atoms with Gasteiger partial charge in [0.05, 0.1) is 12.2 Å². The van der Waals surface area contributed by atoms with Gasteiger partial charge in [0.15, 0.2) is 16.6 Å². The molecule has 2 saturated carbocycles. The van der Waals surface area contributed by atoms with Gasteiger partial charge in [0.1, 0.15) is 6.29 Å². The van der Waals surface area contributed by atoms with Crippen molar-refractivity contribution < 1.29 is 13.6 Å². The van der Waals surface area contributed by atoms with Gasteiger partial charge in [-0.2, -0.15) is 0 Å². The summed E-state index contributed by atoms with van der Waals surface area (Å²) < 4.78 is 14.6. The Balaban J connectivity index is 1.73. The lowest BCUT2D eigenvalue weighted by atomic mass is 9.49. The summed E-state index contributed by atoms with van der Waals surface area (Å²) in [5, 5.41) is 0.359. The highest BCUT2D eigenvalue weighted by Crippen LogP contribution is 2.65. The molecule has 0 radical (unpaired) electrons. The molecule has 4 rings (SSSR count). The zero-order valence-electron chi connectivity index (χ0n) is 28.2. The van der Waals surface area contributed by atoms with Crippen LogP contribution in [0.5, 0.6) is 0 Å². The Bertz CT molecular complexity index is 1080. The summed E-state index contributed by atoms with van der Waals surface area (Å²) in [5.74, 6) is 1.40. The van der Waals surface area contributed by atoms with Crippen LogP contribution in [0.15, 0.2) is 34.9 Å². The average molecular weight is 585 g/mol. The van der Waals surface area contributed by atoms with Crippen LogP contribution >= 0.6 is 0 Å². The molecule has 0 bridgehead atoms. The maximum atomic E-state index is 11.4. The van der Waals surface area contributed by atoms with Gasteiger partial charge in [-0.05, 0) is 91.5 Å². The molecular formula is C35H60O3Si2. The summed E-state index contributed by atoms with van der Waals surface area (Å²) in [6.07, 6.45) is 15.2. The van der Waals surface area contributed by atoms with E-state index in [1.807, 2.05) is 0 Å². The van der Waals surface area contributed by atoms with Gasteiger partial charge < -0.3 is 13.6 Å². The topological polar surface area (TPSA) is 35.5 Å².